The predicted molar refractivity (Wildman–Crippen MR) is 65.8 cm³/mol. The van der Waals surface area contributed by atoms with Gasteiger partial charge in [0.15, 0.2) is 0 Å². The minimum atomic E-state index is -0.236. The summed E-state index contributed by atoms with van der Waals surface area (Å²) in [6.45, 7) is 6.05. The number of aliphatic hydroxyl groups excluding tert-OH is 1. The Kier molecular flexibility index (Phi) is 5.15. The molecule has 0 aliphatic carbocycles. The van der Waals surface area contributed by atoms with Gasteiger partial charge in [0.05, 0.1) is 12.6 Å². The topological polar surface area (TPSA) is 78.0 Å². The van der Waals surface area contributed by atoms with Gasteiger partial charge in [0, 0.05) is 5.69 Å². The Bertz CT molecular complexity index is 360. The van der Waals surface area contributed by atoms with Crippen molar-refractivity contribution in [3.63, 3.8) is 0 Å². The van der Waals surface area contributed by atoms with E-state index in [2.05, 4.69) is 29.4 Å². The Labute approximate surface area is 102 Å². The maximum Gasteiger partial charge on any atom is 0.272 e. The molecule has 1 amide bonds. The van der Waals surface area contributed by atoms with Gasteiger partial charge in [-0.15, -0.1) is 0 Å². The molecule has 1 heterocycles. The van der Waals surface area contributed by atoms with Gasteiger partial charge < -0.3 is 10.4 Å². The van der Waals surface area contributed by atoms with Crippen molar-refractivity contribution in [2.24, 2.45) is 5.92 Å². The Morgan fingerprint density at radius 3 is 2.76 bits per heavy atom. The first-order chi connectivity index (χ1) is 8.06. The summed E-state index contributed by atoms with van der Waals surface area (Å²) in [4.78, 5) is 11.8. The monoisotopic (exact) mass is 239 g/mol. The SMILES string of the molecule is CCc1cc(C(=O)NC(CO)CC(C)C)n[nH]1. The molecule has 0 aromatic carbocycles. The number of aromatic nitrogens is 2. The van der Waals surface area contributed by atoms with Crippen LogP contribution in [-0.2, 0) is 6.42 Å². The zero-order chi connectivity index (χ0) is 12.8. The van der Waals surface area contributed by atoms with Crippen LogP contribution < -0.4 is 5.32 Å². The molecule has 0 saturated heterocycles. The number of amides is 1. The summed E-state index contributed by atoms with van der Waals surface area (Å²) in [6.07, 6.45) is 1.57. The van der Waals surface area contributed by atoms with Gasteiger partial charge in [-0.1, -0.05) is 20.8 Å². The van der Waals surface area contributed by atoms with Crippen LogP contribution in [0.1, 0.15) is 43.4 Å². The summed E-state index contributed by atoms with van der Waals surface area (Å²) in [5.74, 6) is 0.193. The van der Waals surface area contributed by atoms with Crippen LogP contribution >= 0.6 is 0 Å². The van der Waals surface area contributed by atoms with Gasteiger partial charge >= 0.3 is 0 Å². The first-order valence-corrected chi connectivity index (χ1v) is 6.02. The molecule has 5 nitrogen and oxygen atoms in total. The van der Waals surface area contributed by atoms with Gasteiger partial charge in [-0.2, -0.15) is 5.10 Å². The highest BCUT2D eigenvalue weighted by Gasteiger charge is 2.16. The smallest absolute Gasteiger partial charge is 0.272 e. The average molecular weight is 239 g/mol. The van der Waals surface area contributed by atoms with E-state index < -0.39 is 0 Å². The summed E-state index contributed by atoms with van der Waals surface area (Å²) < 4.78 is 0. The summed E-state index contributed by atoms with van der Waals surface area (Å²) in [7, 11) is 0. The number of aliphatic hydroxyl groups is 1. The maximum atomic E-state index is 11.8. The van der Waals surface area contributed by atoms with Crippen LogP contribution in [0.4, 0.5) is 0 Å². The van der Waals surface area contributed by atoms with Crippen molar-refractivity contribution in [3.05, 3.63) is 17.5 Å². The van der Waals surface area contributed by atoms with Crippen molar-refractivity contribution < 1.29 is 9.90 Å². The number of nitrogens with zero attached hydrogens (tertiary/aromatic N) is 1. The molecular weight excluding hydrogens is 218 g/mol. The number of rotatable bonds is 6. The third-order valence-corrected chi connectivity index (χ3v) is 2.56. The van der Waals surface area contributed by atoms with Crippen molar-refractivity contribution in [1.82, 2.24) is 15.5 Å². The number of carbonyl (C=O) groups excluding carboxylic acids is 1. The standard InChI is InChI=1S/C12H21N3O2/c1-4-9-6-11(15-14-9)12(17)13-10(7-16)5-8(2)3/h6,8,10,16H,4-5,7H2,1-3H3,(H,13,17)(H,14,15). The zero-order valence-corrected chi connectivity index (χ0v) is 10.7. The number of aryl methyl sites for hydroxylation is 1. The Morgan fingerprint density at radius 2 is 2.29 bits per heavy atom. The molecule has 96 valence electrons. The van der Waals surface area contributed by atoms with E-state index in [-0.39, 0.29) is 18.6 Å². The molecule has 5 heteroatoms. The number of hydrogen-bond donors (Lipinski definition) is 3. The second-order valence-electron chi connectivity index (χ2n) is 4.61. The van der Waals surface area contributed by atoms with Crippen molar-refractivity contribution in [1.29, 1.82) is 0 Å². The fourth-order valence-electron chi connectivity index (χ4n) is 1.67. The van der Waals surface area contributed by atoms with E-state index >= 15 is 0 Å². The minimum Gasteiger partial charge on any atom is -0.394 e. The molecule has 0 radical (unpaired) electrons. The first kappa shape index (κ1) is 13.7. The Morgan fingerprint density at radius 1 is 1.59 bits per heavy atom. The summed E-state index contributed by atoms with van der Waals surface area (Å²) in [6, 6.07) is 1.53. The lowest BCUT2D eigenvalue weighted by atomic mass is 10.0. The number of nitrogens with one attached hydrogen (secondary N) is 2. The highest BCUT2D eigenvalue weighted by molar-refractivity contribution is 5.92. The van der Waals surface area contributed by atoms with Gasteiger partial charge in [-0.3, -0.25) is 9.89 Å². The number of carbonyl (C=O) groups is 1. The van der Waals surface area contributed by atoms with Gasteiger partial charge in [0.2, 0.25) is 0 Å². The molecule has 0 aliphatic rings. The number of aromatic amines is 1. The average Bonchev–Trinajstić information content (AvgIpc) is 2.75. The van der Waals surface area contributed by atoms with Crippen LogP contribution in [0.3, 0.4) is 0 Å². The quantitative estimate of drug-likeness (QED) is 0.696. The number of hydrogen-bond acceptors (Lipinski definition) is 3. The van der Waals surface area contributed by atoms with E-state index in [9.17, 15) is 9.90 Å². The van der Waals surface area contributed by atoms with Crippen LogP contribution in [0.2, 0.25) is 0 Å². The normalized spacial score (nSPS) is 12.8. The highest BCUT2D eigenvalue weighted by Crippen LogP contribution is 2.06. The van der Waals surface area contributed by atoms with Gasteiger partial charge in [-0.05, 0) is 24.8 Å². The van der Waals surface area contributed by atoms with Gasteiger partial charge in [0.25, 0.3) is 5.91 Å². The van der Waals surface area contributed by atoms with E-state index in [1.54, 1.807) is 6.07 Å². The molecule has 3 N–H and O–H groups in total. The van der Waals surface area contributed by atoms with Crippen LogP contribution in [0.5, 0.6) is 0 Å². The van der Waals surface area contributed by atoms with Crippen LogP contribution in [-0.4, -0.2) is 33.9 Å². The first-order valence-electron chi connectivity index (χ1n) is 6.02. The lowest BCUT2D eigenvalue weighted by Crippen LogP contribution is -2.38. The summed E-state index contributed by atoms with van der Waals surface area (Å²) >= 11 is 0. The van der Waals surface area contributed by atoms with E-state index in [4.69, 9.17) is 0 Å². The van der Waals surface area contributed by atoms with Gasteiger partial charge in [-0.25, -0.2) is 0 Å². The predicted octanol–water partition coefficient (Wildman–Crippen LogP) is 1.11. The number of H-pyrrole nitrogens is 1. The zero-order valence-electron chi connectivity index (χ0n) is 10.7. The largest absolute Gasteiger partial charge is 0.394 e. The molecule has 1 aromatic heterocycles. The Hall–Kier alpha value is -1.36. The second-order valence-corrected chi connectivity index (χ2v) is 4.61. The minimum absolute atomic E-state index is 0.0466. The van der Waals surface area contributed by atoms with Crippen molar-refractivity contribution in [2.75, 3.05) is 6.61 Å². The molecule has 0 aliphatic heterocycles. The fraction of sp³-hybridized carbons (Fsp3) is 0.667. The lowest BCUT2D eigenvalue weighted by Gasteiger charge is -2.17. The summed E-state index contributed by atoms with van der Waals surface area (Å²) in [5, 5.41) is 18.7. The summed E-state index contributed by atoms with van der Waals surface area (Å²) in [5.41, 5.74) is 1.31. The molecule has 0 bridgehead atoms. The fourth-order valence-corrected chi connectivity index (χ4v) is 1.67. The van der Waals surface area contributed by atoms with E-state index in [1.165, 1.54) is 0 Å². The third kappa shape index (κ3) is 4.19. The molecule has 0 spiro atoms. The molecule has 1 aromatic rings. The van der Waals surface area contributed by atoms with Crippen LogP contribution in [0.25, 0.3) is 0 Å². The van der Waals surface area contributed by atoms with Crippen LogP contribution in [0.15, 0.2) is 6.07 Å². The maximum absolute atomic E-state index is 11.8. The van der Waals surface area contributed by atoms with E-state index in [0.717, 1.165) is 18.5 Å². The van der Waals surface area contributed by atoms with E-state index in [1.807, 2.05) is 6.92 Å². The van der Waals surface area contributed by atoms with Crippen molar-refractivity contribution in [2.45, 2.75) is 39.7 Å². The molecule has 1 atom stereocenters. The molecule has 1 unspecified atom stereocenters. The van der Waals surface area contributed by atoms with Crippen molar-refractivity contribution in [3.8, 4) is 0 Å². The molecule has 0 fully saturated rings. The van der Waals surface area contributed by atoms with Gasteiger partial charge in [0.1, 0.15) is 5.69 Å². The van der Waals surface area contributed by atoms with Crippen molar-refractivity contribution >= 4 is 5.91 Å². The molecular formula is C12H21N3O2. The molecule has 17 heavy (non-hydrogen) atoms. The Balaban J connectivity index is 2.57. The molecule has 0 saturated carbocycles. The highest BCUT2D eigenvalue weighted by atomic mass is 16.3. The van der Waals surface area contributed by atoms with E-state index in [0.29, 0.717) is 11.6 Å². The second kappa shape index (κ2) is 6.39. The van der Waals surface area contributed by atoms with Crippen LogP contribution in [0, 0.1) is 5.92 Å². The lowest BCUT2D eigenvalue weighted by molar-refractivity contribution is 0.0903. The molecule has 1 rings (SSSR count). The third-order valence-electron chi connectivity index (χ3n) is 2.56.